The number of hydrogen-bond acceptors (Lipinski definition) is 2. The molecule has 0 amide bonds. The maximum atomic E-state index is 10.4. The number of hydrogen-bond donors (Lipinski definition) is 2. The monoisotopic (exact) mass is 344 g/mol. The predicted octanol–water partition coefficient (Wildman–Crippen LogP) is 2.91. The minimum atomic E-state index is -0.581. The van der Waals surface area contributed by atoms with Gasteiger partial charge in [-0.3, -0.25) is 0 Å². The fraction of sp³-hybridized carbons (Fsp3) is 0.111. The van der Waals surface area contributed by atoms with Gasteiger partial charge in [-0.05, 0) is 0 Å². The number of benzene rings is 2. The zero-order chi connectivity index (χ0) is 14.7. The molecule has 0 saturated heterocycles. The first kappa shape index (κ1) is 14.3. The third-order valence-electron chi connectivity index (χ3n) is 3.42. The Morgan fingerprint density at radius 1 is 0.571 bits per heavy atom. The Kier molecular flexibility index (Phi) is 4.37. The summed E-state index contributed by atoms with van der Waals surface area (Å²) in [5, 5.41) is 20.8. The summed E-state index contributed by atoms with van der Waals surface area (Å²) in [4.78, 5) is 0. The maximum absolute atomic E-state index is 10.4. The van der Waals surface area contributed by atoms with E-state index in [0.29, 0.717) is 0 Å². The van der Waals surface area contributed by atoms with E-state index in [-0.39, 0.29) is 14.5 Å². The zero-order valence-corrected chi connectivity index (χ0v) is 13.1. The van der Waals surface area contributed by atoms with E-state index in [2.05, 4.69) is 0 Å². The van der Waals surface area contributed by atoms with E-state index < -0.39 is 12.2 Å². The number of aliphatic hydroxyl groups is 2. The van der Waals surface area contributed by atoms with E-state index in [1.165, 1.54) is 0 Å². The van der Waals surface area contributed by atoms with Gasteiger partial charge in [0.1, 0.15) is 0 Å². The third kappa shape index (κ3) is 3.17. The first-order valence-electron chi connectivity index (χ1n) is 6.81. The molecule has 0 bridgehead atoms. The summed E-state index contributed by atoms with van der Waals surface area (Å²) in [5.41, 5.74) is 1.80. The van der Waals surface area contributed by atoms with E-state index >= 15 is 0 Å². The van der Waals surface area contributed by atoms with Crippen molar-refractivity contribution in [3.63, 3.8) is 0 Å². The second-order valence-electron chi connectivity index (χ2n) is 4.87. The predicted molar refractivity (Wildman–Crippen MR) is 84.4 cm³/mol. The summed E-state index contributed by atoms with van der Waals surface area (Å²) in [5.74, 6) is 0. The van der Waals surface area contributed by atoms with Gasteiger partial charge >= 0.3 is 130 Å². The summed E-state index contributed by atoms with van der Waals surface area (Å²) in [6.45, 7) is 0. The first-order valence-corrected chi connectivity index (χ1v) is 8.52. The Hall–Kier alpha value is -1.64. The Morgan fingerprint density at radius 3 is 1.33 bits per heavy atom. The van der Waals surface area contributed by atoms with Crippen LogP contribution in [0.1, 0.15) is 32.2 Å². The Labute approximate surface area is 130 Å². The van der Waals surface area contributed by atoms with Crippen LogP contribution in [-0.4, -0.2) is 24.7 Å². The molecule has 0 aliphatic heterocycles. The zero-order valence-electron chi connectivity index (χ0n) is 11.4. The molecular formula is C18H16O2Se. The average molecular weight is 343 g/mol. The van der Waals surface area contributed by atoms with Crippen LogP contribution in [0.5, 0.6) is 0 Å². The quantitative estimate of drug-likeness (QED) is 0.715. The van der Waals surface area contributed by atoms with Crippen LogP contribution in [0.15, 0.2) is 72.8 Å². The molecule has 1 aromatic heterocycles. The summed E-state index contributed by atoms with van der Waals surface area (Å²) in [6.07, 6.45) is -1.16. The molecule has 0 fully saturated rings. The van der Waals surface area contributed by atoms with Crippen molar-refractivity contribution in [2.75, 3.05) is 0 Å². The summed E-state index contributed by atoms with van der Waals surface area (Å²) >= 11 is -0.0233. The topological polar surface area (TPSA) is 40.5 Å². The van der Waals surface area contributed by atoms with Crippen LogP contribution in [0.25, 0.3) is 0 Å². The second kappa shape index (κ2) is 6.42. The van der Waals surface area contributed by atoms with Crippen LogP contribution in [0, 0.1) is 0 Å². The SMILES string of the molecule is O[C@H](c1ccccc1)c1ccc([C@@H](O)c2ccccc2)[se]1. The molecule has 0 unspecified atom stereocenters. The molecule has 3 aromatic rings. The molecule has 0 spiro atoms. The number of rotatable bonds is 4. The molecule has 0 aliphatic carbocycles. The summed E-state index contributed by atoms with van der Waals surface area (Å²) < 4.78 is 1.97. The molecule has 1 heterocycles. The van der Waals surface area contributed by atoms with Gasteiger partial charge in [0, 0.05) is 0 Å². The van der Waals surface area contributed by atoms with Crippen molar-refractivity contribution in [2.45, 2.75) is 12.2 Å². The van der Waals surface area contributed by atoms with Crippen molar-refractivity contribution in [1.29, 1.82) is 0 Å². The summed E-state index contributed by atoms with van der Waals surface area (Å²) in [7, 11) is 0. The van der Waals surface area contributed by atoms with Crippen molar-refractivity contribution in [1.82, 2.24) is 0 Å². The van der Waals surface area contributed by atoms with Gasteiger partial charge in [-0.1, -0.05) is 0 Å². The van der Waals surface area contributed by atoms with E-state index in [0.717, 1.165) is 20.0 Å². The van der Waals surface area contributed by atoms with Gasteiger partial charge in [-0.2, -0.15) is 0 Å². The molecule has 106 valence electrons. The van der Waals surface area contributed by atoms with Gasteiger partial charge in [-0.25, -0.2) is 0 Å². The van der Waals surface area contributed by atoms with Gasteiger partial charge in [0.05, 0.1) is 0 Å². The molecule has 3 heteroatoms. The molecule has 0 aliphatic rings. The van der Waals surface area contributed by atoms with Crippen molar-refractivity contribution in [3.05, 3.63) is 92.8 Å². The van der Waals surface area contributed by atoms with Gasteiger partial charge in [0.2, 0.25) is 0 Å². The van der Waals surface area contributed by atoms with Crippen LogP contribution in [0.3, 0.4) is 0 Å². The molecule has 2 atom stereocenters. The molecule has 2 nitrogen and oxygen atoms in total. The standard InChI is InChI=1S/C18H16O2Se/c19-17(13-7-3-1-4-8-13)15-11-12-16(21-15)18(20)14-9-5-2-6-10-14/h1-12,17-20H/t17-,18+. The van der Waals surface area contributed by atoms with Gasteiger partial charge < -0.3 is 0 Å². The van der Waals surface area contributed by atoms with Crippen molar-refractivity contribution >= 4 is 14.5 Å². The second-order valence-corrected chi connectivity index (χ2v) is 7.27. The summed E-state index contributed by atoms with van der Waals surface area (Å²) in [6, 6.07) is 23.2. The molecule has 3 rings (SSSR count). The van der Waals surface area contributed by atoms with E-state index in [1.807, 2.05) is 72.8 Å². The van der Waals surface area contributed by atoms with E-state index in [4.69, 9.17) is 0 Å². The Bertz CT molecular complexity index is 632. The molecule has 0 radical (unpaired) electrons. The minimum absolute atomic E-state index is 0.0233. The van der Waals surface area contributed by atoms with Crippen LogP contribution >= 0.6 is 0 Å². The van der Waals surface area contributed by atoms with Crippen molar-refractivity contribution in [3.8, 4) is 0 Å². The average Bonchev–Trinajstić information content (AvgIpc) is 3.05. The molecular weight excluding hydrogens is 327 g/mol. The molecule has 2 N–H and O–H groups in total. The van der Waals surface area contributed by atoms with Gasteiger partial charge in [0.15, 0.2) is 0 Å². The third-order valence-corrected chi connectivity index (χ3v) is 5.91. The number of aliphatic hydroxyl groups excluding tert-OH is 2. The fourth-order valence-electron chi connectivity index (χ4n) is 2.26. The van der Waals surface area contributed by atoms with Gasteiger partial charge in [0.25, 0.3) is 0 Å². The first-order chi connectivity index (χ1) is 10.3. The van der Waals surface area contributed by atoms with Crippen LogP contribution < -0.4 is 0 Å². The van der Waals surface area contributed by atoms with Crippen LogP contribution in [-0.2, 0) is 0 Å². The normalized spacial score (nSPS) is 13.8. The van der Waals surface area contributed by atoms with Crippen LogP contribution in [0.4, 0.5) is 0 Å². The van der Waals surface area contributed by atoms with Crippen molar-refractivity contribution in [2.24, 2.45) is 0 Å². The van der Waals surface area contributed by atoms with Crippen LogP contribution in [0.2, 0.25) is 0 Å². The Morgan fingerprint density at radius 2 is 0.952 bits per heavy atom. The molecule has 2 aromatic carbocycles. The van der Waals surface area contributed by atoms with Crippen molar-refractivity contribution < 1.29 is 10.2 Å². The van der Waals surface area contributed by atoms with E-state index in [1.54, 1.807) is 0 Å². The van der Waals surface area contributed by atoms with E-state index in [9.17, 15) is 10.2 Å². The molecule has 21 heavy (non-hydrogen) atoms. The molecule has 0 saturated carbocycles. The fourth-order valence-corrected chi connectivity index (χ4v) is 4.44. The van der Waals surface area contributed by atoms with Gasteiger partial charge in [-0.15, -0.1) is 0 Å². The Balaban J connectivity index is 1.84.